The van der Waals surface area contributed by atoms with Crippen molar-refractivity contribution in [3.8, 4) is 0 Å². The summed E-state index contributed by atoms with van der Waals surface area (Å²) in [5.41, 5.74) is 0.00258. The predicted octanol–water partition coefficient (Wildman–Crippen LogP) is 2.44. The summed E-state index contributed by atoms with van der Waals surface area (Å²) in [6, 6.07) is 0.573. The van der Waals surface area contributed by atoms with Crippen LogP contribution >= 0.6 is 0 Å². The topological polar surface area (TPSA) is 21.3 Å². The van der Waals surface area contributed by atoms with E-state index in [9.17, 15) is 0 Å². The third-order valence-electron chi connectivity index (χ3n) is 2.42. The average molecular weight is 187 g/mol. The molecule has 0 spiro atoms. The first-order valence-electron chi connectivity index (χ1n) is 5.18. The van der Waals surface area contributed by atoms with Gasteiger partial charge in [0.05, 0.1) is 5.60 Å². The van der Waals surface area contributed by atoms with Crippen molar-refractivity contribution in [3.63, 3.8) is 0 Å². The van der Waals surface area contributed by atoms with Gasteiger partial charge in [-0.3, -0.25) is 0 Å². The summed E-state index contributed by atoms with van der Waals surface area (Å²) in [5, 5.41) is 3.26. The van der Waals surface area contributed by atoms with Crippen molar-refractivity contribution in [2.75, 3.05) is 13.7 Å². The molecule has 80 valence electrons. The van der Waals surface area contributed by atoms with Gasteiger partial charge >= 0.3 is 0 Å². The molecule has 0 radical (unpaired) electrons. The molecule has 0 aromatic heterocycles. The first-order chi connectivity index (χ1) is 5.87. The van der Waals surface area contributed by atoms with Crippen LogP contribution in [0.25, 0.3) is 0 Å². The average Bonchev–Trinajstić information content (AvgIpc) is 2.00. The first-order valence-corrected chi connectivity index (χ1v) is 5.18. The Morgan fingerprint density at radius 2 is 1.77 bits per heavy atom. The summed E-state index contributed by atoms with van der Waals surface area (Å²) < 4.78 is 5.67. The van der Waals surface area contributed by atoms with Crippen LogP contribution in [0.3, 0.4) is 0 Å². The molecule has 0 aliphatic heterocycles. The molecule has 0 rings (SSSR count). The van der Waals surface area contributed by atoms with Crippen molar-refractivity contribution < 1.29 is 4.74 Å². The Morgan fingerprint density at radius 3 is 2.15 bits per heavy atom. The summed E-state index contributed by atoms with van der Waals surface area (Å²) in [5.74, 6) is 0.673. The minimum atomic E-state index is 0.00258. The molecular formula is C11H25NO. The van der Waals surface area contributed by atoms with E-state index in [2.05, 4.69) is 39.9 Å². The lowest BCUT2D eigenvalue weighted by Gasteiger charge is -2.23. The number of ether oxygens (including phenoxy) is 1. The fourth-order valence-electron chi connectivity index (χ4n) is 1.09. The van der Waals surface area contributed by atoms with E-state index in [-0.39, 0.29) is 5.60 Å². The lowest BCUT2D eigenvalue weighted by Crippen LogP contribution is -2.30. The first kappa shape index (κ1) is 12.9. The van der Waals surface area contributed by atoms with Crippen molar-refractivity contribution in [2.24, 2.45) is 5.92 Å². The molecule has 2 unspecified atom stereocenters. The Kier molecular flexibility index (Phi) is 5.57. The summed E-state index contributed by atoms with van der Waals surface area (Å²) in [6.45, 7) is 11.6. The molecule has 0 fully saturated rings. The van der Waals surface area contributed by atoms with Crippen LogP contribution in [0.2, 0.25) is 0 Å². The lowest BCUT2D eigenvalue weighted by molar-refractivity contribution is -0.00973. The zero-order valence-corrected chi connectivity index (χ0v) is 9.98. The quantitative estimate of drug-likeness (QED) is 0.714. The standard InChI is InChI=1S/C11H25NO/c1-9(10(2)12-6)7-8-13-11(3,4)5/h9-10,12H,7-8H2,1-6H3. The van der Waals surface area contributed by atoms with Crippen LogP contribution in [-0.4, -0.2) is 25.3 Å². The monoisotopic (exact) mass is 187 g/mol. The number of hydrogen-bond acceptors (Lipinski definition) is 2. The maximum absolute atomic E-state index is 5.67. The summed E-state index contributed by atoms with van der Waals surface area (Å²) in [7, 11) is 2.01. The maximum atomic E-state index is 5.67. The SMILES string of the molecule is CNC(C)C(C)CCOC(C)(C)C. The molecule has 13 heavy (non-hydrogen) atoms. The molecule has 0 aromatic rings. The van der Waals surface area contributed by atoms with E-state index >= 15 is 0 Å². The second-order valence-electron chi connectivity index (χ2n) is 4.80. The van der Waals surface area contributed by atoms with Gasteiger partial charge in [-0.1, -0.05) is 6.92 Å². The minimum absolute atomic E-state index is 0.00258. The molecule has 1 N–H and O–H groups in total. The van der Waals surface area contributed by atoms with Crippen molar-refractivity contribution in [1.82, 2.24) is 5.32 Å². The Morgan fingerprint density at radius 1 is 1.23 bits per heavy atom. The molecule has 2 atom stereocenters. The highest BCUT2D eigenvalue weighted by molar-refractivity contribution is 4.67. The van der Waals surface area contributed by atoms with Crippen molar-refractivity contribution in [2.45, 2.75) is 52.7 Å². The normalized spacial score (nSPS) is 17.1. The van der Waals surface area contributed by atoms with Crippen LogP contribution in [0.15, 0.2) is 0 Å². The Hall–Kier alpha value is -0.0800. The minimum Gasteiger partial charge on any atom is -0.376 e. The van der Waals surface area contributed by atoms with E-state index in [1.165, 1.54) is 0 Å². The Balaban J connectivity index is 3.53. The maximum Gasteiger partial charge on any atom is 0.0598 e. The van der Waals surface area contributed by atoms with Gasteiger partial charge in [0, 0.05) is 12.6 Å². The molecule has 0 saturated heterocycles. The van der Waals surface area contributed by atoms with Gasteiger partial charge in [-0.25, -0.2) is 0 Å². The van der Waals surface area contributed by atoms with Gasteiger partial charge in [0.25, 0.3) is 0 Å². The second kappa shape index (κ2) is 5.61. The summed E-state index contributed by atoms with van der Waals surface area (Å²) >= 11 is 0. The van der Waals surface area contributed by atoms with Gasteiger partial charge < -0.3 is 10.1 Å². The molecule has 0 amide bonds. The molecule has 0 aromatic carbocycles. The molecule has 0 heterocycles. The van der Waals surface area contributed by atoms with Crippen molar-refractivity contribution in [3.05, 3.63) is 0 Å². The van der Waals surface area contributed by atoms with Gasteiger partial charge in [-0.2, -0.15) is 0 Å². The number of rotatable bonds is 5. The number of hydrogen-bond donors (Lipinski definition) is 1. The molecule has 0 aliphatic carbocycles. The van der Waals surface area contributed by atoms with Gasteiger partial charge in [0.2, 0.25) is 0 Å². The summed E-state index contributed by atoms with van der Waals surface area (Å²) in [6.07, 6.45) is 1.12. The highest BCUT2D eigenvalue weighted by Crippen LogP contribution is 2.12. The van der Waals surface area contributed by atoms with E-state index < -0.39 is 0 Å². The Labute approximate surface area is 83.1 Å². The van der Waals surface area contributed by atoms with Crippen molar-refractivity contribution in [1.29, 1.82) is 0 Å². The third kappa shape index (κ3) is 7.03. The molecule has 0 aliphatic rings. The van der Waals surface area contributed by atoms with E-state index in [0.29, 0.717) is 12.0 Å². The molecule has 2 heteroatoms. The Bertz CT molecular complexity index is 129. The van der Waals surface area contributed by atoms with Crippen LogP contribution in [0.1, 0.15) is 41.0 Å². The van der Waals surface area contributed by atoms with E-state index in [0.717, 1.165) is 13.0 Å². The van der Waals surface area contributed by atoms with E-state index in [4.69, 9.17) is 4.74 Å². The molecule has 2 nitrogen and oxygen atoms in total. The smallest absolute Gasteiger partial charge is 0.0598 e. The third-order valence-corrected chi connectivity index (χ3v) is 2.42. The fourth-order valence-corrected chi connectivity index (χ4v) is 1.09. The summed E-state index contributed by atoms with van der Waals surface area (Å²) in [4.78, 5) is 0. The second-order valence-corrected chi connectivity index (χ2v) is 4.80. The van der Waals surface area contributed by atoms with Crippen LogP contribution in [0, 0.1) is 5.92 Å². The van der Waals surface area contributed by atoms with Crippen LogP contribution in [0.5, 0.6) is 0 Å². The van der Waals surface area contributed by atoms with E-state index in [1.807, 2.05) is 7.05 Å². The molecular weight excluding hydrogens is 162 g/mol. The van der Waals surface area contributed by atoms with E-state index in [1.54, 1.807) is 0 Å². The largest absolute Gasteiger partial charge is 0.376 e. The van der Waals surface area contributed by atoms with Gasteiger partial charge in [-0.15, -0.1) is 0 Å². The fraction of sp³-hybridized carbons (Fsp3) is 1.00. The van der Waals surface area contributed by atoms with Crippen LogP contribution < -0.4 is 5.32 Å². The highest BCUT2D eigenvalue weighted by Gasteiger charge is 2.13. The zero-order valence-electron chi connectivity index (χ0n) is 9.98. The van der Waals surface area contributed by atoms with Gasteiger partial charge in [0.1, 0.15) is 0 Å². The van der Waals surface area contributed by atoms with Crippen molar-refractivity contribution >= 4 is 0 Å². The zero-order chi connectivity index (χ0) is 10.5. The molecule has 0 saturated carbocycles. The highest BCUT2D eigenvalue weighted by atomic mass is 16.5. The van der Waals surface area contributed by atoms with Gasteiger partial charge in [0.15, 0.2) is 0 Å². The molecule has 0 bridgehead atoms. The lowest BCUT2D eigenvalue weighted by atomic mass is 10.0. The van der Waals surface area contributed by atoms with Crippen LogP contribution in [-0.2, 0) is 4.74 Å². The predicted molar refractivity (Wildman–Crippen MR) is 58.0 cm³/mol. The van der Waals surface area contributed by atoms with Gasteiger partial charge in [-0.05, 0) is 47.1 Å². The van der Waals surface area contributed by atoms with Crippen LogP contribution in [0.4, 0.5) is 0 Å². The number of nitrogens with one attached hydrogen (secondary N) is 1.